The standard InChI is InChI=1S/C29H31F7N4O4/c1-37(2)9-4-7-23-26(42)38(15-18-5-3-6-22(30)13-18)16-24-39(10-8-25(41)40(23)24)27(43)44-17-19-11-20(28(31,32)33)14-21(12-19)29(34,35)36/h3,5-6,11-14,23-24H,4,7-10,15-17H2,1-2H3/t23-,24+/m0/s1. The zero-order valence-corrected chi connectivity index (χ0v) is 23.9. The summed E-state index contributed by atoms with van der Waals surface area (Å²) in [6, 6.07) is 5.55. The van der Waals surface area contributed by atoms with E-state index in [9.17, 15) is 45.1 Å². The number of benzene rings is 2. The van der Waals surface area contributed by atoms with Gasteiger partial charge in [-0.15, -0.1) is 0 Å². The lowest BCUT2D eigenvalue weighted by Gasteiger charge is -2.52. The van der Waals surface area contributed by atoms with Crippen molar-refractivity contribution >= 4 is 17.9 Å². The summed E-state index contributed by atoms with van der Waals surface area (Å²) in [5.74, 6) is -1.30. The van der Waals surface area contributed by atoms with Crippen molar-refractivity contribution < 1.29 is 49.9 Å². The molecule has 2 aliphatic heterocycles. The van der Waals surface area contributed by atoms with Crippen LogP contribution in [-0.4, -0.2) is 83.4 Å². The predicted molar refractivity (Wildman–Crippen MR) is 142 cm³/mol. The number of hydrogen-bond donors (Lipinski definition) is 0. The number of carbonyl (C=O) groups is 3. The molecule has 2 aliphatic rings. The first-order chi connectivity index (χ1) is 20.5. The van der Waals surface area contributed by atoms with E-state index in [1.54, 1.807) is 6.07 Å². The maximum absolute atomic E-state index is 13.9. The third-order valence-electron chi connectivity index (χ3n) is 7.44. The quantitative estimate of drug-likeness (QED) is 0.379. The fourth-order valence-electron chi connectivity index (χ4n) is 5.40. The zero-order valence-electron chi connectivity index (χ0n) is 23.9. The fourth-order valence-corrected chi connectivity index (χ4v) is 5.40. The molecule has 2 aromatic rings. The van der Waals surface area contributed by atoms with Crippen molar-refractivity contribution in [3.8, 4) is 0 Å². The zero-order chi connectivity index (χ0) is 32.4. The van der Waals surface area contributed by atoms with E-state index in [1.165, 1.54) is 28.0 Å². The Kier molecular flexibility index (Phi) is 9.76. The molecular formula is C29H31F7N4O4. The van der Waals surface area contributed by atoms with E-state index in [0.717, 1.165) is 4.90 Å². The second-order valence-electron chi connectivity index (χ2n) is 11.0. The van der Waals surface area contributed by atoms with E-state index >= 15 is 0 Å². The highest BCUT2D eigenvalue weighted by atomic mass is 19.4. The number of halogens is 7. The van der Waals surface area contributed by atoms with Gasteiger partial charge < -0.3 is 19.4 Å². The topological polar surface area (TPSA) is 73.4 Å². The SMILES string of the molecule is CN(C)CCC[C@H]1C(=O)N(Cc2cccc(F)c2)C[C@@H]2N(C(=O)OCc3cc(C(F)(F)F)cc(C(F)(F)F)c3)CCC(=O)N21. The number of piperazine rings is 1. The molecule has 2 aromatic carbocycles. The lowest BCUT2D eigenvalue weighted by atomic mass is 9.99. The van der Waals surface area contributed by atoms with Gasteiger partial charge in [0.05, 0.1) is 17.7 Å². The molecule has 0 N–H and O–H groups in total. The third-order valence-corrected chi connectivity index (χ3v) is 7.44. The van der Waals surface area contributed by atoms with Crippen LogP contribution in [-0.2, 0) is 39.8 Å². The molecule has 2 heterocycles. The van der Waals surface area contributed by atoms with Gasteiger partial charge in [0.1, 0.15) is 24.6 Å². The van der Waals surface area contributed by atoms with Gasteiger partial charge in [0.15, 0.2) is 0 Å². The predicted octanol–water partition coefficient (Wildman–Crippen LogP) is 5.11. The number of hydrogen-bond acceptors (Lipinski definition) is 5. The Bertz CT molecular complexity index is 1350. The van der Waals surface area contributed by atoms with Crippen LogP contribution in [0.15, 0.2) is 42.5 Å². The van der Waals surface area contributed by atoms with Crippen LogP contribution in [0.5, 0.6) is 0 Å². The first-order valence-corrected chi connectivity index (χ1v) is 13.8. The Morgan fingerprint density at radius 2 is 1.64 bits per heavy atom. The van der Waals surface area contributed by atoms with Crippen molar-refractivity contribution in [2.75, 3.05) is 33.7 Å². The lowest BCUT2D eigenvalue weighted by molar-refractivity contribution is -0.169. The van der Waals surface area contributed by atoms with Crippen LogP contribution < -0.4 is 0 Å². The van der Waals surface area contributed by atoms with Gasteiger partial charge in [-0.25, -0.2) is 9.18 Å². The highest BCUT2D eigenvalue weighted by Crippen LogP contribution is 2.37. The van der Waals surface area contributed by atoms with Crippen LogP contribution in [0.2, 0.25) is 0 Å². The molecule has 8 nitrogen and oxygen atoms in total. The average Bonchev–Trinajstić information content (AvgIpc) is 2.92. The molecule has 0 radical (unpaired) electrons. The highest BCUT2D eigenvalue weighted by molar-refractivity contribution is 5.90. The number of carbonyl (C=O) groups excluding carboxylic acids is 3. The van der Waals surface area contributed by atoms with Crippen molar-refractivity contribution in [1.82, 2.24) is 19.6 Å². The van der Waals surface area contributed by atoms with Gasteiger partial charge >= 0.3 is 18.4 Å². The summed E-state index contributed by atoms with van der Waals surface area (Å²) >= 11 is 0. The Morgan fingerprint density at radius 3 is 2.23 bits per heavy atom. The van der Waals surface area contributed by atoms with Crippen molar-refractivity contribution in [3.05, 3.63) is 70.5 Å². The molecule has 0 aromatic heterocycles. The van der Waals surface area contributed by atoms with Crippen LogP contribution in [0.25, 0.3) is 0 Å². The van der Waals surface area contributed by atoms with Gasteiger partial charge in [0.2, 0.25) is 11.8 Å². The summed E-state index contributed by atoms with van der Waals surface area (Å²) < 4.78 is 98.8. The summed E-state index contributed by atoms with van der Waals surface area (Å²) in [5, 5.41) is 0. The molecule has 0 bridgehead atoms. The fraction of sp³-hybridized carbons (Fsp3) is 0.483. The number of ether oxygens (including phenoxy) is 1. The van der Waals surface area contributed by atoms with E-state index in [0.29, 0.717) is 30.7 Å². The lowest BCUT2D eigenvalue weighted by Crippen LogP contribution is -2.71. The van der Waals surface area contributed by atoms with Gasteiger partial charge in [-0.05, 0) is 74.9 Å². The van der Waals surface area contributed by atoms with Crippen LogP contribution in [0.3, 0.4) is 0 Å². The Balaban J connectivity index is 1.59. The van der Waals surface area contributed by atoms with Gasteiger partial charge in [0, 0.05) is 19.5 Å². The molecule has 2 atom stereocenters. The highest BCUT2D eigenvalue weighted by Gasteiger charge is 2.49. The van der Waals surface area contributed by atoms with Crippen molar-refractivity contribution in [2.45, 2.75) is 57.0 Å². The molecule has 3 amide bonds. The minimum atomic E-state index is -5.07. The molecular weight excluding hydrogens is 601 g/mol. The van der Waals surface area contributed by atoms with Gasteiger partial charge in [0.25, 0.3) is 0 Å². The average molecular weight is 633 g/mol. The van der Waals surface area contributed by atoms with Crippen LogP contribution >= 0.6 is 0 Å². The summed E-state index contributed by atoms with van der Waals surface area (Å²) in [7, 11) is 3.68. The Morgan fingerprint density at radius 1 is 0.977 bits per heavy atom. The molecule has 4 rings (SSSR count). The van der Waals surface area contributed by atoms with Gasteiger partial charge in [-0.3, -0.25) is 14.5 Å². The molecule has 0 spiro atoms. The minimum Gasteiger partial charge on any atom is -0.444 e. The van der Waals surface area contributed by atoms with Crippen LogP contribution in [0.1, 0.15) is 41.5 Å². The number of fused-ring (bicyclic) bond motifs is 1. The van der Waals surface area contributed by atoms with Crippen LogP contribution in [0, 0.1) is 5.82 Å². The molecule has 240 valence electrons. The van der Waals surface area contributed by atoms with E-state index in [1.807, 2.05) is 19.0 Å². The van der Waals surface area contributed by atoms with E-state index in [2.05, 4.69) is 0 Å². The first-order valence-electron chi connectivity index (χ1n) is 13.8. The second-order valence-corrected chi connectivity index (χ2v) is 11.0. The molecule has 44 heavy (non-hydrogen) atoms. The molecule has 0 aliphatic carbocycles. The number of nitrogens with zero attached hydrogens (tertiary/aromatic N) is 4. The maximum atomic E-state index is 13.9. The summed E-state index contributed by atoms with van der Waals surface area (Å²) in [4.78, 5) is 45.7. The summed E-state index contributed by atoms with van der Waals surface area (Å²) in [5.41, 5.74) is -3.15. The normalized spacial score (nSPS) is 19.5. The largest absolute Gasteiger partial charge is 0.444 e. The van der Waals surface area contributed by atoms with E-state index in [-0.39, 0.29) is 44.4 Å². The number of amides is 3. The van der Waals surface area contributed by atoms with E-state index in [4.69, 9.17) is 4.74 Å². The monoisotopic (exact) mass is 632 g/mol. The third kappa shape index (κ3) is 7.79. The van der Waals surface area contributed by atoms with E-state index < -0.39 is 65.7 Å². The number of alkyl halides is 6. The van der Waals surface area contributed by atoms with Gasteiger partial charge in [-0.2, -0.15) is 26.3 Å². The molecule has 0 unspecified atom stereocenters. The first kappa shape index (κ1) is 33.0. The smallest absolute Gasteiger partial charge is 0.416 e. The molecule has 0 saturated carbocycles. The Labute approximate surface area is 248 Å². The summed E-state index contributed by atoms with van der Waals surface area (Å²) in [6.45, 7) is -0.638. The minimum absolute atomic E-state index is 0.0212. The van der Waals surface area contributed by atoms with Gasteiger partial charge in [-0.1, -0.05) is 12.1 Å². The van der Waals surface area contributed by atoms with Crippen molar-refractivity contribution in [1.29, 1.82) is 0 Å². The second kappa shape index (κ2) is 13.0. The molecule has 2 saturated heterocycles. The Hall–Kier alpha value is -3.88. The van der Waals surface area contributed by atoms with Crippen molar-refractivity contribution in [2.24, 2.45) is 0 Å². The number of rotatable bonds is 8. The molecule has 2 fully saturated rings. The summed E-state index contributed by atoms with van der Waals surface area (Å²) in [6.07, 6.45) is -11.6. The molecule has 15 heteroatoms. The van der Waals surface area contributed by atoms with Crippen molar-refractivity contribution in [3.63, 3.8) is 0 Å². The maximum Gasteiger partial charge on any atom is 0.416 e. The van der Waals surface area contributed by atoms with Crippen LogP contribution in [0.4, 0.5) is 35.5 Å².